The van der Waals surface area contributed by atoms with Crippen molar-refractivity contribution in [1.29, 1.82) is 0 Å². The molecule has 0 unspecified atom stereocenters. The third-order valence-corrected chi connectivity index (χ3v) is 3.62. The van der Waals surface area contributed by atoms with Crippen LogP contribution in [0.5, 0.6) is 0 Å². The highest BCUT2D eigenvalue weighted by atomic mass is 15.3. The van der Waals surface area contributed by atoms with Crippen molar-refractivity contribution in [2.24, 2.45) is 7.05 Å². The van der Waals surface area contributed by atoms with Gasteiger partial charge >= 0.3 is 0 Å². The van der Waals surface area contributed by atoms with Crippen LogP contribution in [0.15, 0.2) is 24.4 Å². The summed E-state index contributed by atoms with van der Waals surface area (Å²) >= 11 is 0. The smallest absolute Gasteiger partial charge is 0.0911 e. The van der Waals surface area contributed by atoms with Gasteiger partial charge in [0.1, 0.15) is 0 Å². The summed E-state index contributed by atoms with van der Waals surface area (Å²) in [5.74, 6) is 0. The van der Waals surface area contributed by atoms with E-state index in [0.717, 1.165) is 17.8 Å². The number of aryl methyl sites for hydroxylation is 2. The predicted molar refractivity (Wildman–Crippen MR) is 69.7 cm³/mol. The Hall–Kier alpha value is -1.77. The zero-order chi connectivity index (χ0) is 11.8. The topological polar surface area (TPSA) is 43.8 Å². The zero-order valence-electron chi connectivity index (χ0n) is 10.1. The summed E-state index contributed by atoms with van der Waals surface area (Å²) in [6.45, 7) is 0. The first-order valence-corrected chi connectivity index (χ1v) is 6.16. The number of fused-ring (bicyclic) bond motifs is 1. The van der Waals surface area contributed by atoms with Crippen molar-refractivity contribution in [3.05, 3.63) is 35.5 Å². The second-order valence-corrected chi connectivity index (χ2v) is 4.72. The molecule has 0 amide bonds. The van der Waals surface area contributed by atoms with Crippen LogP contribution in [0.4, 0.5) is 5.69 Å². The first-order valence-electron chi connectivity index (χ1n) is 6.16. The van der Waals surface area contributed by atoms with Gasteiger partial charge in [-0.1, -0.05) is 18.2 Å². The lowest BCUT2D eigenvalue weighted by Crippen LogP contribution is -2.06. The molecule has 2 aromatic rings. The second kappa shape index (κ2) is 3.91. The van der Waals surface area contributed by atoms with Crippen molar-refractivity contribution in [2.45, 2.75) is 25.7 Å². The van der Waals surface area contributed by atoms with Gasteiger partial charge in [-0.05, 0) is 36.8 Å². The molecule has 17 heavy (non-hydrogen) atoms. The average Bonchev–Trinajstić information content (AvgIpc) is 2.69. The molecule has 1 aromatic carbocycles. The zero-order valence-corrected chi connectivity index (χ0v) is 10.1. The number of hydrogen-bond donors (Lipinski definition) is 1. The van der Waals surface area contributed by atoms with E-state index in [0.29, 0.717) is 0 Å². The number of nitrogens with zero attached hydrogens (tertiary/aromatic N) is 2. The van der Waals surface area contributed by atoms with Gasteiger partial charge in [0.05, 0.1) is 17.6 Å². The standard InChI is InChI=1S/C14H17N3/c1-17-14(13(15)9-16-17)12-8-4-6-10-5-2-3-7-11(10)12/h4,6,8-9H,2-3,5,7,15H2,1H3. The van der Waals surface area contributed by atoms with E-state index in [9.17, 15) is 0 Å². The number of nitrogens with two attached hydrogens (primary N) is 1. The van der Waals surface area contributed by atoms with Crippen LogP contribution in [0.25, 0.3) is 11.3 Å². The van der Waals surface area contributed by atoms with Crippen molar-refractivity contribution in [2.75, 3.05) is 5.73 Å². The molecule has 0 spiro atoms. The first kappa shape index (κ1) is 10.4. The lowest BCUT2D eigenvalue weighted by molar-refractivity contribution is 0.685. The molecule has 1 aliphatic rings. The molecular weight excluding hydrogens is 210 g/mol. The Morgan fingerprint density at radius 3 is 2.82 bits per heavy atom. The minimum atomic E-state index is 0.770. The average molecular weight is 227 g/mol. The van der Waals surface area contributed by atoms with E-state index >= 15 is 0 Å². The van der Waals surface area contributed by atoms with Crippen LogP contribution >= 0.6 is 0 Å². The van der Waals surface area contributed by atoms with Crippen molar-refractivity contribution in [1.82, 2.24) is 9.78 Å². The van der Waals surface area contributed by atoms with Gasteiger partial charge in [0.25, 0.3) is 0 Å². The molecule has 1 aromatic heterocycles. The van der Waals surface area contributed by atoms with E-state index in [2.05, 4.69) is 23.3 Å². The Kier molecular flexibility index (Phi) is 2.39. The summed E-state index contributed by atoms with van der Waals surface area (Å²) in [7, 11) is 1.95. The molecular formula is C14H17N3. The number of hydrogen-bond acceptors (Lipinski definition) is 2. The summed E-state index contributed by atoms with van der Waals surface area (Å²) in [5.41, 5.74) is 12.1. The van der Waals surface area contributed by atoms with Gasteiger partial charge in [-0.15, -0.1) is 0 Å². The molecule has 0 saturated heterocycles. The number of benzene rings is 1. The summed E-state index contributed by atoms with van der Waals surface area (Å²) in [6, 6.07) is 6.54. The molecule has 3 nitrogen and oxygen atoms in total. The Bertz CT molecular complexity index is 535. The summed E-state index contributed by atoms with van der Waals surface area (Å²) in [6.07, 6.45) is 6.67. The van der Waals surface area contributed by atoms with E-state index in [1.54, 1.807) is 6.20 Å². The molecule has 0 aliphatic heterocycles. The van der Waals surface area contributed by atoms with Gasteiger partial charge in [0.2, 0.25) is 0 Å². The number of anilines is 1. The molecule has 1 heterocycles. The van der Waals surface area contributed by atoms with Crippen LogP contribution in [0.1, 0.15) is 24.0 Å². The molecule has 0 fully saturated rings. The van der Waals surface area contributed by atoms with Crippen LogP contribution in [0, 0.1) is 0 Å². The molecule has 88 valence electrons. The Morgan fingerprint density at radius 1 is 1.24 bits per heavy atom. The minimum absolute atomic E-state index is 0.770. The van der Waals surface area contributed by atoms with E-state index < -0.39 is 0 Å². The number of aromatic nitrogens is 2. The van der Waals surface area contributed by atoms with Gasteiger partial charge in [0, 0.05) is 12.6 Å². The quantitative estimate of drug-likeness (QED) is 0.813. The summed E-state index contributed by atoms with van der Waals surface area (Å²) in [4.78, 5) is 0. The van der Waals surface area contributed by atoms with E-state index in [1.807, 2.05) is 11.7 Å². The van der Waals surface area contributed by atoms with Crippen molar-refractivity contribution in [3.8, 4) is 11.3 Å². The Labute approximate surface area is 101 Å². The highest BCUT2D eigenvalue weighted by Crippen LogP contribution is 2.33. The highest BCUT2D eigenvalue weighted by Gasteiger charge is 2.17. The van der Waals surface area contributed by atoms with Crippen LogP contribution in [0.2, 0.25) is 0 Å². The van der Waals surface area contributed by atoms with Crippen LogP contribution in [0.3, 0.4) is 0 Å². The monoisotopic (exact) mass is 227 g/mol. The lowest BCUT2D eigenvalue weighted by atomic mass is 9.87. The van der Waals surface area contributed by atoms with Crippen LogP contribution < -0.4 is 5.73 Å². The normalized spacial score (nSPS) is 14.6. The summed E-state index contributed by atoms with van der Waals surface area (Å²) < 4.78 is 1.87. The van der Waals surface area contributed by atoms with Gasteiger partial charge < -0.3 is 5.73 Å². The molecule has 2 N–H and O–H groups in total. The number of rotatable bonds is 1. The van der Waals surface area contributed by atoms with E-state index in [-0.39, 0.29) is 0 Å². The van der Waals surface area contributed by atoms with E-state index in [1.165, 1.54) is 36.0 Å². The molecule has 0 bridgehead atoms. The molecule has 0 saturated carbocycles. The van der Waals surface area contributed by atoms with Crippen molar-refractivity contribution < 1.29 is 0 Å². The van der Waals surface area contributed by atoms with Gasteiger partial charge in [-0.3, -0.25) is 4.68 Å². The number of nitrogen functional groups attached to an aromatic ring is 1. The molecule has 3 heteroatoms. The van der Waals surface area contributed by atoms with Crippen LogP contribution in [-0.4, -0.2) is 9.78 Å². The Morgan fingerprint density at radius 2 is 2.06 bits per heavy atom. The third-order valence-electron chi connectivity index (χ3n) is 3.62. The van der Waals surface area contributed by atoms with E-state index in [4.69, 9.17) is 5.73 Å². The fourth-order valence-corrected chi connectivity index (χ4v) is 2.79. The molecule has 0 radical (unpaired) electrons. The second-order valence-electron chi connectivity index (χ2n) is 4.72. The Balaban J connectivity index is 2.21. The van der Waals surface area contributed by atoms with Gasteiger partial charge in [-0.2, -0.15) is 5.10 Å². The predicted octanol–water partition coefficient (Wildman–Crippen LogP) is 2.55. The summed E-state index contributed by atoms with van der Waals surface area (Å²) in [5, 5.41) is 4.23. The molecule has 0 atom stereocenters. The SMILES string of the molecule is Cn1ncc(N)c1-c1cccc2c1CCCC2. The maximum absolute atomic E-state index is 6.02. The largest absolute Gasteiger partial charge is 0.396 e. The van der Waals surface area contributed by atoms with Crippen molar-refractivity contribution >= 4 is 5.69 Å². The lowest BCUT2D eigenvalue weighted by Gasteiger charge is -2.19. The minimum Gasteiger partial charge on any atom is -0.396 e. The first-order chi connectivity index (χ1) is 8.27. The van der Waals surface area contributed by atoms with Crippen molar-refractivity contribution in [3.63, 3.8) is 0 Å². The third kappa shape index (κ3) is 1.62. The maximum atomic E-state index is 6.02. The maximum Gasteiger partial charge on any atom is 0.0911 e. The van der Waals surface area contributed by atoms with Gasteiger partial charge in [-0.25, -0.2) is 0 Å². The van der Waals surface area contributed by atoms with Crippen LogP contribution in [-0.2, 0) is 19.9 Å². The highest BCUT2D eigenvalue weighted by molar-refractivity contribution is 5.76. The molecule has 1 aliphatic carbocycles. The fraction of sp³-hybridized carbons (Fsp3) is 0.357. The van der Waals surface area contributed by atoms with Gasteiger partial charge in [0.15, 0.2) is 0 Å². The molecule has 3 rings (SSSR count). The fourth-order valence-electron chi connectivity index (χ4n) is 2.79.